The third-order valence-corrected chi connectivity index (χ3v) is 1.79. The van der Waals surface area contributed by atoms with Crippen molar-refractivity contribution in [2.24, 2.45) is 11.7 Å². The first-order chi connectivity index (χ1) is 6.04. The lowest BCUT2D eigenvalue weighted by Gasteiger charge is -2.10. The van der Waals surface area contributed by atoms with Crippen LogP contribution in [-0.4, -0.2) is 0 Å². The molecule has 0 atom stereocenters. The Labute approximate surface area is 80.1 Å². The van der Waals surface area contributed by atoms with E-state index in [1.165, 1.54) is 0 Å². The van der Waals surface area contributed by atoms with Crippen LogP contribution in [0.5, 0.6) is 0 Å². The molecular formula is C11H16N2. The maximum Gasteiger partial charge on any atom is 0.101 e. The lowest BCUT2D eigenvalue weighted by Crippen LogP contribution is -2.07. The van der Waals surface area contributed by atoms with E-state index in [2.05, 4.69) is 6.58 Å². The zero-order valence-corrected chi connectivity index (χ0v) is 8.46. The van der Waals surface area contributed by atoms with Crippen LogP contribution in [0.4, 0.5) is 0 Å². The fourth-order valence-electron chi connectivity index (χ4n) is 0.838. The van der Waals surface area contributed by atoms with Crippen LogP contribution in [0.1, 0.15) is 20.8 Å². The van der Waals surface area contributed by atoms with E-state index in [0.29, 0.717) is 11.3 Å². The standard InChI is InChI=1S/C11H16N2/c1-5-6-10(7-12)11(13)9(4)8(2)3/h5-6,8H,4,13H2,1-3H3/b6-5-,11-10-. The van der Waals surface area contributed by atoms with Crippen molar-refractivity contribution < 1.29 is 0 Å². The Balaban J connectivity index is 4.99. The molecule has 0 aromatic rings. The van der Waals surface area contributed by atoms with E-state index in [1.807, 2.05) is 26.8 Å². The summed E-state index contributed by atoms with van der Waals surface area (Å²) in [6.45, 7) is 9.69. The zero-order chi connectivity index (χ0) is 10.4. The molecule has 0 saturated heterocycles. The largest absolute Gasteiger partial charge is 0.397 e. The van der Waals surface area contributed by atoms with Crippen molar-refractivity contribution in [1.82, 2.24) is 0 Å². The highest BCUT2D eigenvalue weighted by Crippen LogP contribution is 2.16. The first kappa shape index (κ1) is 11.5. The molecular weight excluding hydrogens is 160 g/mol. The van der Waals surface area contributed by atoms with Gasteiger partial charge in [-0.15, -0.1) is 0 Å². The minimum absolute atomic E-state index is 0.272. The Hall–Kier alpha value is -1.49. The quantitative estimate of drug-likeness (QED) is 0.530. The molecule has 2 heteroatoms. The average molecular weight is 176 g/mol. The molecule has 13 heavy (non-hydrogen) atoms. The predicted molar refractivity (Wildman–Crippen MR) is 55.6 cm³/mol. The minimum atomic E-state index is 0.272. The van der Waals surface area contributed by atoms with Crippen molar-refractivity contribution in [2.75, 3.05) is 0 Å². The summed E-state index contributed by atoms with van der Waals surface area (Å²) in [5, 5.41) is 8.78. The van der Waals surface area contributed by atoms with E-state index >= 15 is 0 Å². The van der Waals surface area contributed by atoms with Gasteiger partial charge in [-0.2, -0.15) is 5.26 Å². The summed E-state index contributed by atoms with van der Waals surface area (Å²) in [6, 6.07) is 2.05. The summed E-state index contributed by atoms with van der Waals surface area (Å²) in [5.41, 5.74) is 7.56. The topological polar surface area (TPSA) is 49.8 Å². The number of hydrogen-bond acceptors (Lipinski definition) is 2. The molecule has 0 aliphatic rings. The number of rotatable bonds is 3. The van der Waals surface area contributed by atoms with Crippen molar-refractivity contribution in [2.45, 2.75) is 20.8 Å². The first-order valence-electron chi connectivity index (χ1n) is 4.26. The molecule has 70 valence electrons. The molecule has 0 heterocycles. The molecule has 0 aromatic carbocycles. The Morgan fingerprint density at radius 2 is 2.08 bits per heavy atom. The van der Waals surface area contributed by atoms with Gasteiger partial charge in [0, 0.05) is 0 Å². The van der Waals surface area contributed by atoms with E-state index in [-0.39, 0.29) is 5.92 Å². The zero-order valence-electron chi connectivity index (χ0n) is 8.46. The van der Waals surface area contributed by atoms with Crippen LogP contribution in [0.25, 0.3) is 0 Å². The van der Waals surface area contributed by atoms with E-state index in [0.717, 1.165) is 5.57 Å². The highest BCUT2D eigenvalue weighted by molar-refractivity contribution is 5.44. The molecule has 0 saturated carbocycles. The second kappa shape index (κ2) is 5.21. The minimum Gasteiger partial charge on any atom is -0.397 e. The van der Waals surface area contributed by atoms with Gasteiger partial charge in [-0.3, -0.25) is 0 Å². The highest BCUT2D eigenvalue weighted by atomic mass is 14.6. The van der Waals surface area contributed by atoms with Gasteiger partial charge in [-0.05, 0) is 24.5 Å². The van der Waals surface area contributed by atoms with Crippen LogP contribution in [-0.2, 0) is 0 Å². The molecule has 0 spiro atoms. The lowest BCUT2D eigenvalue weighted by molar-refractivity contribution is 0.777. The third-order valence-electron chi connectivity index (χ3n) is 1.79. The SMILES string of the molecule is C=C(/C(N)=C(C#N)\C=C/C)C(C)C. The number of nitriles is 1. The molecule has 0 unspecified atom stereocenters. The maximum atomic E-state index is 8.78. The van der Waals surface area contributed by atoms with E-state index < -0.39 is 0 Å². The number of nitrogens with two attached hydrogens (primary N) is 1. The third kappa shape index (κ3) is 3.16. The van der Waals surface area contributed by atoms with Gasteiger partial charge < -0.3 is 5.73 Å². The fraction of sp³-hybridized carbons (Fsp3) is 0.364. The van der Waals surface area contributed by atoms with E-state index in [1.54, 1.807) is 12.2 Å². The second-order valence-corrected chi connectivity index (χ2v) is 3.12. The van der Waals surface area contributed by atoms with Gasteiger partial charge in [-0.1, -0.05) is 26.5 Å². The number of hydrogen-bond donors (Lipinski definition) is 1. The van der Waals surface area contributed by atoms with Crippen molar-refractivity contribution in [1.29, 1.82) is 5.26 Å². The number of nitrogens with zero attached hydrogens (tertiary/aromatic N) is 1. The molecule has 0 radical (unpaired) electrons. The highest BCUT2D eigenvalue weighted by Gasteiger charge is 2.06. The monoisotopic (exact) mass is 176 g/mol. The van der Waals surface area contributed by atoms with Gasteiger partial charge >= 0.3 is 0 Å². The van der Waals surface area contributed by atoms with Gasteiger partial charge in [0.05, 0.1) is 11.3 Å². The molecule has 0 rings (SSSR count). The summed E-state index contributed by atoms with van der Waals surface area (Å²) >= 11 is 0. The molecule has 0 amide bonds. The van der Waals surface area contributed by atoms with Crippen LogP contribution >= 0.6 is 0 Å². The van der Waals surface area contributed by atoms with Gasteiger partial charge in [0.2, 0.25) is 0 Å². The molecule has 0 aromatic heterocycles. The van der Waals surface area contributed by atoms with E-state index in [9.17, 15) is 0 Å². The summed E-state index contributed by atoms with van der Waals surface area (Å²) in [4.78, 5) is 0. The van der Waals surface area contributed by atoms with Crippen LogP contribution in [0.2, 0.25) is 0 Å². The molecule has 0 fully saturated rings. The van der Waals surface area contributed by atoms with Crippen molar-refractivity contribution in [3.8, 4) is 6.07 Å². The smallest absolute Gasteiger partial charge is 0.101 e. The predicted octanol–water partition coefficient (Wildman–Crippen LogP) is 2.51. The average Bonchev–Trinajstić information content (AvgIpc) is 2.11. The second-order valence-electron chi connectivity index (χ2n) is 3.12. The fourth-order valence-corrected chi connectivity index (χ4v) is 0.838. The first-order valence-corrected chi connectivity index (χ1v) is 4.26. The summed E-state index contributed by atoms with van der Waals surface area (Å²) in [5.74, 6) is 0.272. The summed E-state index contributed by atoms with van der Waals surface area (Å²) in [6.07, 6.45) is 3.49. The Kier molecular flexibility index (Phi) is 4.61. The van der Waals surface area contributed by atoms with E-state index in [4.69, 9.17) is 11.0 Å². The summed E-state index contributed by atoms with van der Waals surface area (Å²) in [7, 11) is 0. The van der Waals surface area contributed by atoms with Gasteiger partial charge in [0.25, 0.3) is 0 Å². The Bertz CT molecular complexity index is 288. The van der Waals surface area contributed by atoms with Gasteiger partial charge in [0.1, 0.15) is 6.07 Å². The van der Waals surface area contributed by atoms with Crippen LogP contribution in [0, 0.1) is 17.2 Å². The van der Waals surface area contributed by atoms with Crippen molar-refractivity contribution >= 4 is 0 Å². The van der Waals surface area contributed by atoms with Gasteiger partial charge in [0.15, 0.2) is 0 Å². The Morgan fingerprint density at radius 1 is 1.54 bits per heavy atom. The Morgan fingerprint density at radius 3 is 2.38 bits per heavy atom. The van der Waals surface area contributed by atoms with Crippen LogP contribution in [0.3, 0.4) is 0 Å². The molecule has 0 bridgehead atoms. The normalized spacial score (nSPS) is 12.8. The number of allylic oxidation sites excluding steroid dienone is 4. The molecule has 2 N–H and O–H groups in total. The van der Waals surface area contributed by atoms with Crippen LogP contribution < -0.4 is 5.73 Å². The lowest BCUT2D eigenvalue weighted by atomic mass is 9.99. The van der Waals surface area contributed by atoms with Crippen molar-refractivity contribution in [3.05, 3.63) is 35.6 Å². The maximum absolute atomic E-state index is 8.78. The summed E-state index contributed by atoms with van der Waals surface area (Å²) < 4.78 is 0. The molecule has 0 aliphatic heterocycles. The van der Waals surface area contributed by atoms with Crippen molar-refractivity contribution in [3.63, 3.8) is 0 Å². The van der Waals surface area contributed by atoms with Crippen LogP contribution in [0.15, 0.2) is 35.6 Å². The molecule has 0 aliphatic carbocycles. The van der Waals surface area contributed by atoms with Gasteiger partial charge in [-0.25, -0.2) is 0 Å². The molecule has 2 nitrogen and oxygen atoms in total.